The number of nitrogens with zero attached hydrogens (tertiary/aromatic N) is 2. The zero-order valence-corrected chi connectivity index (χ0v) is 15.8. The number of guanidine groups is 1. The van der Waals surface area contributed by atoms with Crippen molar-refractivity contribution in [2.75, 3.05) is 27.2 Å². The van der Waals surface area contributed by atoms with Crippen molar-refractivity contribution in [1.82, 2.24) is 15.5 Å². The molecule has 0 aromatic heterocycles. The van der Waals surface area contributed by atoms with E-state index in [1.807, 2.05) is 6.92 Å². The fourth-order valence-electron chi connectivity index (χ4n) is 1.06. The number of halogens is 1. The third kappa shape index (κ3) is 10.1. The van der Waals surface area contributed by atoms with Crippen molar-refractivity contribution in [2.45, 2.75) is 33.7 Å². The minimum Gasteiger partial charge on any atom is -0.354 e. The van der Waals surface area contributed by atoms with Crippen molar-refractivity contribution >= 4 is 35.8 Å². The predicted molar refractivity (Wildman–Crippen MR) is 96.7 cm³/mol. The maximum absolute atomic E-state index is 11.6. The van der Waals surface area contributed by atoms with Crippen LogP contribution in [0.15, 0.2) is 17.1 Å². The van der Waals surface area contributed by atoms with Crippen LogP contribution < -0.4 is 10.6 Å². The summed E-state index contributed by atoms with van der Waals surface area (Å²) in [4.78, 5) is 17.4. The van der Waals surface area contributed by atoms with Gasteiger partial charge in [-0.15, -0.1) is 24.0 Å². The van der Waals surface area contributed by atoms with Gasteiger partial charge in [-0.05, 0) is 19.8 Å². The molecule has 0 aliphatic carbocycles. The molecule has 1 unspecified atom stereocenters. The number of carbonyl (C=O) groups is 1. The molecule has 0 radical (unpaired) electrons. The van der Waals surface area contributed by atoms with Crippen LogP contribution in [-0.2, 0) is 4.79 Å². The van der Waals surface area contributed by atoms with Gasteiger partial charge in [0.15, 0.2) is 5.96 Å². The number of hydrogen-bond acceptors (Lipinski definition) is 2. The molecule has 0 aromatic rings. The average Bonchev–Trinajstić information content (AvgIpc) is 2.31. The highest BCUT2D eigenvalue weighted by Gasteiger charge is 2.10. The van der Waals surface area contributed by atoms with E-state index in [0.717, 1.165) is 5.57 Å². The molecule has 2 N–H and O–H groups in total. The Kier molecular flexibility index (Phi) is 11.8. The van der Waals surface area contributed by atoms with E-state index in [1.165, 1.54) is 4.90 Å². The molecule has 0 spiro atoms. The van der Waals surface area contributed by atoms with Gasteiger partial charge < -0.3 is 15.5 Å². The van der Waals surface area contributed by atoms with E-state index in [0.29, 0.717) is 18.4 Å². The van der Waals surface area contributed by atoms with Crippen molar-refractivity contribution in [1.29, 1.82) is 0 Å². The maximum Gasteiger partial charge on any atom is 0.243 e. The summed E-state index contributed by atoms with van der Waals surface area (Å²) < 4.78 is 0. The second-order valence-electron chi connectivity index (χ2n) is 5.44. The highest BCUT2D eigenvalue weighted by Crippen LogP contribution is 1.99. The molecule has 0 heterocycles. The minimum atomic E-state index is -0.0198. The predicted octanol–water partition coefficient (Wildman–Crippen LogP) is 1.85. The van der Waals surface area contributed by atoms with Gasteiger partial charge in [0.1, 0.15) is 6.54 Å². The molecule has 0 fully saturated rings. The summed E-state index contributed by atoms with van der Waals surface area (Å²) in [5.41, 5.74) is 1.02. The third-order valence-corrected chi connectivity index (χ3v) is 2.79. The lowest BCUT2D eigenvalue weighted by Crippen LogP contribution is -2.45. The van der Waals surface area contributed by atoms with Gasteiger partial charge in [0, 0.05) is 26.7 Å². The highest BCUT2D eigenvalue weighted by atomic mass is 127. The minimum absolute atomic E-state index is 0. The van der Waals surface area contributed by atoms with Crippen molar-refractivity contribution < 1.29 is 4.79 Å². The molecule has 0 saturated heterocycles. The van der Waals surface area contributed by atoms with Gasteiger partial charge in [-0.3, -0.25) is 4.79 Å². The lowest BCUT2D eigenvalue weighted by molar-refractivity contribution is -0.127. The molecule has 0 aromatic carbocycles. The fraction of sp³-hybridized carbons (Fsp3) is 0.714. The molecular formula is C14H29IN4O. The normalized spacial score (nSPS) is 12.4. The number of hydrogen-bond donors (Lipinski definition) is 2. The second-order valence-corrected chi connectivity index (χ2v) is 5.44. The van der Waals surface area contributed by atoms with Crippen molar-refractivity contribution in [3.63, 3.8) is 0 Å². The lowest BCUT2D eigenvalue weighted by atomic mass is 10.1. The van der Waals surface area contributed by atoms with Crippen LogP contribution in [0.2, 0.25) is 0 Å². The lowest BCUT2D eigenvalue weighted by Gasteiger charge is -2.21. The summed E-state index contributed by atoms with van der Waals surface area (Å²) >= 11 is 0. The van der Waals surface area contributed by atoms with E-state index in [9.17, 15) is 4.79 Å². The molecule has 0 rings (SSSR count). The number of aliphatic imine (C=N–C) groups is 1. The van der Waals surface area contributed by atoms with E-state index < -0.39 is 0 Å². The van der Waals surface area contributed by atoms with E-state index in [4.69, 9.17) is 0 Å². The van der Waals surface area contributed by atoms with Gasteiger partial charge in [0.2, 0.25) is 5.91 Å². The van der Waals surface area contributed by atoms with Gasteiger partial charge in [-0.2, -0.15) is 0 Å². The molecule has 118 valence electrons. The van der Waals surface area contributed by atoms with E-state index in [2.05, 4.69) is 43.0 Å². The first-order valence-corrected chi connectivity index (χ1v) is 6.63. The Morgan fingerprint density at radius 1 is 1.30 bits per heavy atom. The van der Waals surface area contributed by atoms with Crippen LogP contribution in [0.1, 0.15) is 27.7 Å². The molecular weight excluding hydrogens is 367 g/mol. The van der Waals surface area contributed by atoms with Gasteiger partial charge in [0.25, 0.3) is 0 Å². The van der Waals surface area contributed by atoms with Gasteiger partial charge >= 0.3 is 0 Å². The Morgan fingerprint density at radius 3 is 2.25 bits per heavy atom. The number of carbonyl (C=O) groups excluding carboxylic acids is 1. The Labute approximate surface area is 140 Å². The maximum atomic E-state index is 11.6. The molecule has 20 heavy (non-hydrogen) atoms. The van der Waals surface area contributed by atoms with E-state index >= 15 is 0 Å². The largest absolute Gasteiger partial charge is 0.354 e. The van der Waals surface area contributed by atoms with Crippen LogP contribution in [0, 0.1) is 5.92 Å². The molecule has 1 amide bonds. The van der Waals surface area contributed by atoms with Gasteiger partial charge in [-0.1, -0.05) is 26.0 Å². The first kappa shape index (κ1) is 21.5. The van der Waals surface area contributed by atoms with E-state index in [-0.39, 0.29) is 42.5 Å². The van der Waals surface area contributed by atoms with E-state index in [1.54, 1.807) is 14.1 Å². The zero-order valence-electron chi connectivity index (χ0n) is 13.5. The smallest absolute Gasteiger partial charge is 0.243 e. The van der Waals surface area contributed by atoms with Crippen LogP contribution in [0.4, 0.5) is 0 Å². The molecule has 1 atom stereocenters. The van der Waals surface area contributed by atoms with Crippen LogP contribution in [0.5, 0.6) is 0 Å². The molecule has 0 saturated carbocycles. The molecule has 5 nitrogen and oxygen atoms in total. The SMILES string of the molecule is C=C(C)CNC(=NCC(=O)N(C)C)NC(C)C(C)C.I. The van der Waals surface area contributed by atoms with Gasteiger partial charge in [0.05, 0.1) is 0 Å². The summed E-state index contributed by atoms with van der Waals surface area (Å²) in [5.74, 6) is 1.12. The fourth-order valence-corrected chi connectivity index (χ4v) is 1.06. The summed E-state index contributed by atoms with van der Waals surface area (Å²) in [6.07, 6.45) is 0. The summed E-state index contributed by atoms with van der Waals surface area (Å²) in [6.45, 7) is 12.9. The number of amides is 1. The summed E-state index contributed by atoms with van der Waals surface area (Å²) in [5, 5.41) is 6.46. The monoisotopic (exact) mass is 396 g/mol. The Balaban J connectivity index is 0. The Morgan fingerprint density at radius 2 is 1.85 bits per heavy atom. The van der Waals surface area contributed by atoms with Crippen molar-refractivity contribution in [2.24, 2.45) is 10.9 Å². The topological polar surface area (TPSA) is 56.7 Å². The summed E-state index contributed by atoms with van der Waals surface area (Å²) in [6, 6.07) is 0.283. The quantitative estimate of drug-likeness (QED) is 0.312. The molecule has 0 aliphatic rings. The van der Waals surface area contributed by atoms with Crippen molar-refractivity contribution in [3.05, 3.63) is 12.2 Å². The van der Waals surface area contributed by atoms with Crippen LogP contribution in [-0.4, -0.2) is 50.0 Å². The second kappa shape index (κ2) is 10.9. The third-order valence-electron chi connectivity index (χ3n) is 2.79. The number of rotatable bonds is 6. The number of likely N-dealkylation sites (N-methyl/N-ethyl adjacent to an activating group) is 1. The first-order chi connectivity index (χ1) is 8.73. The molecule has 6 heteroatoms. The van der Waals surface area contributed by atoms with Crippen molar-refractivity contribution in [3.8, 4) is 0 Å². The Bertz CT molecular complexity index is 340. The van der Waals surface area contributed by atoms with Crippen LogP contribution in [0.3, 0.4) is 0 Å². The summed E-state index contributed by atoms with van der Waals surface area (Å²) in [7, 11) is 3.45. The standard InChI is InChI=1S/C14H28N4O.HI/c1-10(2)8-15-14(17-12(5)11(3)4)16-9-13(19)18(6)7;/h11-12H,1,8-9H2,2-7H3,(H2,15,16,17);1H. The van der Waals surface area contributed by atoms with Gasteiger partial charge in [-0.25, -0.2) is 4.99 Å². The van der Waals surface area contributed by atoms with Crippen LogP contribution >= 0.6 is 24.0 Å². The van der Waals surface area contributed by atoms with Crippen LogP contribution in [0.25, 0.3) is 0 Å². The zero-order chi connectivity index (χ0) is 15.0. The Hall–Kier alpha value is -0.790. The first-order valence-electron chi connectivity index (χ1n) is 6.63. The average molecular weight is 396 g/mol. The molecule has 0 aliphatic heterocycles. The molecule has 0 bridgehead atoms. The number of nitrogens with one attached hydrogen (secondary N) is 2. The highest BCUT2D eigenvalue weighted by molar-refractivity contribution is 14.0.